The third-order valence-electron chi connectivity index (χ3n) is 3.80. The molecule has 21 heavy (non-hydrogen) atoms. The lowest BCUT2D eigenvalue weighted by Gasteiger charge is -2.40. The minimum absolute atomic E-state index is 0.614. The summed E-state index contributed by atoms with van der Waals surface area (Å²) in [6.07, 6.45) is 7.55. The zero-order valence-corrected chi connectivity index (χ0v) is 13.2. The van der Waals surface area contributed by atoms with Gasteiger partial charge in [-0.3, -0.25) is 4.68 Å². The molecule has 1 aliphatic heterocycles. The Morgan fingerprint density at radius 1 is 1.38 bits per heavy atom. The zero-order valence-electron chi connectivity index (χ0n) is 11.6. The Balaban J connectivity index is 1.49. The molecule has 0 aliphatic carbocycles. The van der Waals surface area contributed by atoms with E-state index in [1.54, 1.807) is 0 Å². The quantitative estimate of drug-likeness (QED) is 0.728. The van der Waals surface area contributed by atoms with Gasteiger partial charge in [0, 0.05) is 44.1 Å². The van der Waals surface area contributed by atoms with E-state index in [0.29, 0.717) is 5.92 Å². The summed E-state index contributed by atoms with van der Waals surface area (Å²) in [6, 6.07) is 2.08. The summed E-state index contributed by atoms with van der Waals surface area (Å²) in [6.45, 7) is 4.97. The molecule has 1 aliphatic rings. The van der Waals surface area contributed by atoms with Crippen LogP contribution in [0.15, 0.2) is 35.3 Å². The van der Waals surface area contributed by atoms with Gasteiger partial charge in [-0.05, 0) is 28.9 Å². The van der Waals surface area contributed by atoms with Gasteiger partial charge in [-0.25, -0.2) is 9.50 Å². The highest BCUT2D eigenvalue weighted by Gasteiger charge is 2.29. The molecule has 0 N–H and O–H groups in total. The average Bonchev–Trinajstić information content (AvgIpc) is 2.98. The van der Waals surface area contributed by atoms with Gasteiger partial charge in [0.25, 0.3) is 0 Å². The third-order valence-corrected chi connectivity index (χ3v) is 4.20. The molecule has 3 aromatic rings. The Morgan fingerprint density at radius 3 is 3.00 bits per heavy atom. The van der Waals surface area contributed by atoms with Gasteiger partial charge < -0.3 is 4.90 Å². The molecular formula is C14H15BrN6. The van der Waals surface area contributed by atoms with Gasteiger partial charge in [0.05, 0.1) is 16.4 Å². The number of fused-ring (bicyclic) bond motifs is 1. The highest BCUT2D eigenvalue weighted by atomic mass is 79.9. The standard InChI is InChI=1S/C14H15BrN6/c1-10-4-13-14(16-2-3-21(13)18-10)19-6-11(7-19)8-20-9-12(15)5-17-20/h2-5,9,11H,6-8H2,1H3. The number of nitrogens with zero attached hydrogens (tertiary/aromatic N) is 6. The molecule has 0 aromatic carbocycles. The zero-order chi connectivity index (χ0) is 14.4. The summed E-state index contributed by atoms with van der Waals surface area (Å²) < 4.78 is 4.92. The fraction of sp³-hybridized carbons (Fsp3) is 0.357. The molecule has 7 heteroatoms. The van der Waals surface area contributed by atoms with Gasteiger partial charge >= 0.3 is 0 Å². The summed E-state index contributed by atoms with van der Waals surface area (Å²) in [4.78, 5) is 6.83. The van der Waals surface area contributed by atoms with Crippen molar-refractivity contribution in [3.63, 3.8) is 0 Å². The van der Waals surface area contributed by atoms with Crippen molar-refractivity contribution in [1.82, 2.24) is 24.4 Å². The predicted molar refractivity (Wildman–Crippen MR) is 83.4 cm³/mol. The number of halogens is 1. The molecular weight excluding hydrogens is 332 g/mol. The van der Waals surface area contributed by atoms with Crippen molar-refractivity contribution >= 4 is 27.3 Å². The normalized spacial score (nSPS) is 15.6. The molecule has 0 unspecified atom stereocenters. The molecule has 0 saturated carbocycles. The Morgan fingerprint density at radius 2 is 2.24 bits per heavy atom. The second-order valence-electron chi connectivity index (χ2n) is 5.52. The first-order valence-electron chi connectivity index (χ1n) is 6.93. The van der Waals surface area contributed by atoms with Crippen LogP contribution >= 0.6 is 15.9 Å². The third kappa shape index (κ3) is 2.31. The molecule has 0 spiro atoms. The van der Waals surface area contributed by atoms with Crippen molar-refractivity contribution in [2.75, 3.05) is 18.0 Å². The molecule has 1 saturated heterocycles. The molecule has 4 heterocycles. The minimum Gasteiger partial charge on any atom is -0.354 e. The lowest BCUT2D eigenvalue weighted by atomic mass is 10.0. The number of anilines is 1. The van der Waals surface area contributed by atoms with Crippen LogP contribution in [0.5, 0.6) is 0 Å². The Labute approximate surface area is 130 Å². The smallest absolute Gasteiger partial charge is 0.154 e. The van der Waals surface area contributed by atoms with Crippen LogP contribution in [-0.2, 0) is 6.54 Å². The second-order valence-corrected chi connectivity index (χ2v) is 6.43. The first-order valence-corrected chi connectivity index (χ1v) is 7.72. The first kappa shape index (κ1) is 12.8. The number of aryl methyl sites for hydroxylation is 1. The van der Waals surface area contributed by atoms with Crippen LogP contribution in [0.4, 0.5) is 5.82 Å². The molecule has 6 nitrogen and oxygen atoms in total. The lowest BCUT2D eigenvalue weighted by Crippen LogP contribution is -2.49. The van der Waals surface area contributed by atoms with Crippen LogP contribution in [-0.4, -0.2) is 37.5 Å². The first-order chi connectivity index (χ1) is 10.2. The van der Waals surface area contributed by atoms with Crippen LogP contribution < -0.4 is 4.90 Å². The fourth-order valence-electron chi connectivity index (χ4n) is 2.84. The molecule has 4 rings (SSSR count). The van der Waals surface area contributed by atoms with E-state index in [0.717, 1.165) is 41.1 Å². The maximum absolute atomic E-state index is 4.52. The Bertz CT molecular complexity index is 786. The van der Waals surface area contributed by atoms with Crippen LogP contribution in [0.1, 0.15) is 5.69 Å². The van der Waals surface area contributed by atoms with Crippen molar-refractivity contribution in [1.29, 1.82) is 0 Å². The SMILES string of the molecule is Cc1cc2c(N3CC(Cn4cc(Br)cn4)C3)nccn2n1. The van der Waals surface area contributed by atoms with Gasteiger partial charge in [-0.1, -0.05) is 0 Å². The Kier molecular flexibility index (Phi) is 2.95. The van der Waals surface area contributed by atoms with E-state index in [2.05, 4.69) is 42.1 Å². The fourth-order valence-corrected chi connectivity index (χ4v) is 3.16. The van der Waals surface area contributed by atoms with E-state index < -0.39 is 0 Å². The number of hydrogen-bond acceptors (Lipinski definition) is 4. The van der Waals surface area contributed by atoms with E-state index in [-0.39, 0.29) is 0 Å². The summed E-state index contributed by atoms with van der Waals surface area (Å²) in [7, 11) is 0. The van der Waals surface area contributed by atoms with Crippen molar-refractivity contribution in [3.05, 3.63) is 41.0 Å². The van der Waals surface area contributed by atoms with E-state index >= 15 is 0 Å². The predicted octanol–water partition coefficient (Wildman–Crippen LogP) is 2.13. The minimum atomic E-state index is 0.614. The van der Waals surface area contributed by atoms with Gasteiger partial charge in [0.15, 0.2) is 5.82 Å². The average molecular weight is 347 g/mol. The van der Waals surface area contributed by atoms with Gasteiger partial charge in [-0.15, -0.1) is 0 Å². The lowest BCUT2D eigenvalue weighted by molar-refractivity contribution is 0.340. The van der Waals surface area contributed by atoms with Crippen LogP contribution in [0.3, 0.4) is 0 Å². The van der Waals surface area contributed by atoms with Crippen LogP contribution in [0.2, 0.25) is 0 Å². The molecule has 0 amide bonds. The molecule has 3 aromatic heterocycles. The highest BCUT2D eigenvalue weighted by Crippen LogP contribution is 2.27. The van der Waals surface area contributed by atoms with E-state index in [4.69, 9.17) is 0 Å². The van der Waals surface area contributed by atoms with Gasteiger partial charge in [0.1, 0.15) is 5.52 Å². The molecule has 0 atom stereocenters. The summed E-state index contributed by atoms with van der Waals surface area (Å²) in [5, 5.41) is 8.74. The van der Waals surface area contributed by atoms with Gasteiger partial charge in [-0.2, -0.15) is 10.2 Å². The highest BCUT2D eigenvalue weighted by molar-refractivity contribution is 9.10. The summed E-state index contributed by atoms with van der Waals surface area (Å²) >= 11 is 3.43. The second kappa shape index (κ2) is 4.84. The molecule has 0 radical (unpaired) electrons. The topological polar surface area (TPSA) is 51.2 Å². The summed E-state index contributed by atoms with van der Waals surface area (Å²) in [5.41, 5.74) is 2.10. The largest absolute Gasteiger partial charge is 0.354 e. The van der Waals surface area contributed by atoms with Crippen LogP contribution in [0, 0.1) is 12.8 Å². The van der Waals surface area contributed by atoms with Crippen molar-refractivity contribution < 1.29 is 0 Å². The molecule has 0 bridgehead atoms. The Hall–Kier alpha value is -1.89. The van der Waals surface area contributed by atoms with Crippen molar-refractivity contribution in [3.8, 4) is 0 Å². The van der Waals surface area contributed by atoms with Crippen molar-refractivity contribution in [2.24, 2.45) is 5.92 Å². The number of aromatic nitrogens is 5. The molecule has 1 fully saturated rings. The van der Waals surface area contributed by atoms with E-state index in [1.807, 2.05) is 40.9 Å². The summed E-state index contributed by atoms with van der Waals surface area (Å²) in [5.74, 6) is 1.64. The molecule has 108 valence electrons. The van der Waals surface area contributed by atoms with Crippen molar-refractivity contribution in [2.45, 2.75) is 13.5 Å². The van der Waals surface area contributed by atoms with Gasteiger partial charge in [0.2, 0.25) is 0 Å². The number of hydrogen-bond donors (Lipinski definition) is 0. The number of rotatable bonds is 3. The van der Waals surface area contributed by atoms with Crippen LogP contribution in [0.25, 0.3) is 5.52 Å². The maximum atomic E-state index is 4.52. The van der Waals surface area contributed by atoms with E-state index in [1.165, 1.54) is 0 Å². The monoisotopic (exact) mass is 346 g/mol. The van der Waals surface area contributed by atoms with E-state index in [9.17, 15) is 0 Å². The maximum Gasteiger partial charge on any atom is 0.154 e.